The highest BCUT2D eigenvalue weighted by molar-refractivity contribution is 5.98. The first-order chi connectivity index (χ1) is 14.7. The molecule has 3 N–H and O–H groups in total. The van der Waals surface area contributed by atoms with Crippen LogP contribution in [0.2, 0.25) is 0 Å². The summed E-state index contributed by atoms with van der Waals surface area (Å²) in [6.07, 6.45) is 0. The zero-order chi connectivity index (χ0) is 23.0. The van der Waals surface area contributed by atoms with Gasteiger partial charge in [0.2, 0.25) is 0 Å². The van der Waals surface area contributed by atoms with Crippen molar-refractivity contribution < 1.29 is 27.9 Å². The highest BCUT2D eigenvalue weighted by atomic mass is 19.1. The van der Waals surface area contributed by atoms with Gasteiger partial charge in [0.1, 0.15) is 35.1 Å². The topological polar surface area (TPSA) is 120 Å². The Morgan fingerprint density at radius 2 is 1.68 bits per heavy atom. The number of nitrogens with zero attached hydrogens (tertiary/aromatic N) is 1. The third-order valence-electron chi connectivity index (χ3n) is 4.12. The van der Waals surface area contributed by atoms with Gasteiger partial charge in [-0.15, -0.1) is 0 Å². The first-order valence-corrected chi connectivity index (χ1v) is 9.20. The fourth-order valence-electron chi connectivity index (χ4n) is 2.54. The fraction of sp³-hybridized carbons (Fsp3) is 0.238. The molecule has 0 heterocycles. The molecule has 1 unspecified atom stereocenters. The van der Waals surface area contributed by atoms with Crippen LogP contribution < -0.4 is 20.9 Å². The SMILES string of the molecule is CC(C)C(NC(=O)c1c(F)cccc1F)C(=O)NNC(=O)COc1ccccc1C#N. The number of carbonyl (C=O) groups is 3. The van der Waals surface area contributed by atoms with Crippen molar-refractivity contribution in [2.75, 3.05) is 6.61 Å². The second-order valence-electron chi connectivity index (χ2n) is 6.73. The number of ether oxygens (including phenoxy) is 1. The predicted molar refractivity (Wildman–Crippen MR) is 105 cm³/mol. The van der Waals surface area contributed by atoms with Gasteiger partial charge in [0.05, 0.1) is 5.56 Å². The van der Waals surface area contributed by atoms with Crippen LogP contribution in [-0.2, 0) is 9.59 Å². The van der Waals surface area contributed by atoms with E-state index >= 15 is 0 Å². The van der Waals surface area contributed by atoms with Crippen LogP contribution in [0.5, 0.6) is 5.75 Å². The molecule has 0 aliphatic rings. The first-order valence-electron chi connectivity index (χ1n) is 9.20. The monoisotopic (exact) mass is 430 g/mol. The van der Waals surface area contributed by atoms with Gasteiger partial charge in [-0.3, -0.25) is 25.2 Å². The Labute approximate surface area is 177 Å². The average Bonchev–Trinajstić information content (AvgIpc) is 2.74. The normalized spacial score (nSPS) is 11.2. The number of nitriles is 1. The van der Waals surface area contributed by atoms with Crippen LogP contribution in [0.4, 0.5) is 8.78 Å². The summed E-state index contributed by atoms with van der Waals surface area (Å²) in [6, 6.07) is 9.98. The molecule has 0 aromatic heterocycles. The number of carbonyl (C=O) groups excluding carboxylic acids is 3. The quantitative estimate of drug-likeness (QED) is 0.579. The smallest absolute Gasteiger partial charge is 0.276 e. The van der Waals surface area contributed by atoms with Crippen molar-refractivity contribution in [3.05, 3.63) is 65.2 Å². The van der Waals surface area contributed by atoms with Gasteiger partial charge in [-0.1, -0.05) is 32.0 Å². The number of hydrogen-bond acceptors (Lipinski definition) is 5. The lowest BCUT2D eigenvalue weighted by Crippen LogP contribution is -2.55. The molecular formula is C21H20F2N4O4. The van der Waals surface area contributed by atoms with Crippen LogP contribution in [-0.4, -0.2) is 30.4 Å². The van der Waals surface area contributed by atoms with Crippen molar-refractivity contribution in [2.45, 2.75) is 19.9 Å². The molecule has 0 fully saturated rings. The number of benzene rings is 2. The Morgan fingerprint density at radius 1 is 1.03 bits per heavy atom. The third kappa shape index (κ3) is 6.24. The van der Waals surface area contributed by atoms with Crippen molar-refractivity contribution in [1.29, 1.82) is 5.26 Å². The van der Waals surface area contributed by atoms with Gasteiger partial charge in [0.25, 0.3) is 17.7 Å². The van der Waals surface area contributed by atoms with E-state index in [4.69, 9.17) is 10.00 Å². The van der Waals surface area contributed by atoms with E-state index in [1.807, 2.05) is 6.07 Å². The largest absolute Gasteiger partial charge is 0.482 e. The lowest BCUT2D eigenvalue weighted by Gasteiger charge is -2.22. The van der Waals surface area contributed by atoms with Gasteiger partial charge in [-0.05, 0) is 30.2 Å². The Kier molecular flexibility index (Phi) is 8.02. The summed E-state index contributed by atoms with van der Waals surface area (Å²) in [5.74, 6) is -5.03. The van der Waals surface area contributed by atoms with E-state index < -0.39 is 53.5 Å². The van der Waals surface area contributed by atoms with Crippen LogP contribution in [0.25, 0.3) is 0 Å². The molecule has 31 heavy (non-hydrogen) atoms. The minimum Gasteiger partial charge on any atom is -0.482 e. The minimum absolute atomic E-state index is 0.200. The highest BCUT2D eigenvalue weighted by Crippen LogP contribution is 2.16. The van der Waals surface area contributed by atoms with Gasteiger partial charge in [-0.25, -0.2) is 8.78 Å². The standard InChI is InChI=1S/C21H20F2N4O4/c1-12(2)19(25-20(29)18-14(22)7-5-8-15(18)23)21(30)27-26-17(28)11-31-16-9-4-3-6-13(16)10-24/h3-9,12,19H,11H2,1-2H3,(H,25,29)(H,26,28)(H,27,30). The van der Waals surface area contributed by atoms with E-state index in [9.17, 15) is 23.2 Å². The Hall–Kier alpha value is -4.00. The van der Waals surface area contributed by atoms with E-state index in [0.717, 1.165) is 18.2 Å². The molecule has 0 saturated heterocycles. The molecule has 162 valence electrons. The zero-order valence-electron chi connectivity index (χ0n) is 16.7. The summed E-state index contributed by atoms with van der Waals surface area (Å²) in [6.45, 7) is 2.72. The van der Waals surface area contributed by atoms with Crippen molar-refractivity contribution >= 4 is 17.7 Å². The van der Waals surface area contributed by atoms with E-state index in [2.05, 4.69) is 16.2 Å². The number of amides is 3. The van der Waals surface area contributed by atoms with Crippen molar-refractivity contribution in [3.8, 4) is 11.8 Å². The molecule has 8 nitrogen and oxygen atoms in total. The molecule has 3 amide bonds. The van der Waals surface area contributed by atoms with E-state index in [1.165, 1.54) is 12.1 Å². The highest BCUT2D eigenvalue weighted by Gasteiger charge is 2.27. The summed E-state index contributed by atoms with van der Waals surface area (Å²) in [7, 11) is 0. The second-order valence-corrected chi connectivity index (χ2v) is 6.73. The molecule has 1 atom stereocenters. The van der Waals surface area contributed by atoms with Crippen molar-refractivity contribution in [1.82, 2.24) is 16.2 Å². The predicted octanol–water partition coefficient (Wildman–Crippen LogP) is 1.82. The van der Waals surface area contributed by atoms with Crippen LogP contribution in [0, 0.1) is 28.9 Å². The molecular weight excluding hydrogens is 410 g/mol. The van der Waals surface area contributed by atoms with Crippen LogP contribution in [0.15, 0.2) is 42.5 Å². The molecule has 0 spiro atoms. The fourth-order valence-corrected chi connectivity index (χ4v) is 2.54. The summed E-state index contributed by atoms with van der Waals surface area (Å²) in [4.78, 5) is 36.6. The van der Waals surface area contributed by atoms with Crippen molar-refractivity contribution in [3.63, 3.8) is 0 Å². The van der Waals surface area contributed by atoms with E-state index in [0.29, 0.717) is 0 Å². The van der Waals surface area contributed by atoms with Gasteiger partial charge >= 0.3 is 0 Å². The van der Waals surface area contributed by atoms with Crippen molar-refractivity contribution in [2.24, 2.45) is 5.92 Å². The first kappa shape index (κ1) is 23.3. The maximum Gasteiger partial charge on any atom is 0.276 e. The van der Waals surface area contributed by atoms with Gasteiger partial charge in [-0.2, -0.15) is 5.26 Å². The maximum atomic E-state index is 13.8. The molecule has 0 aliphatic carbocycles. The van der Waals surface area contributed by atoms with Gasteiger partial charge in [0.15, 0.2) is 6.61 Å². The Bertz CT molecular complexity index is 1000. The average molecular weight is 430 g/mol. The number of halogens is 2. The van der Waals surface area contributed by atoms with Crippen LogP contribution >= 0.6 is 0 Å². The molecule has 2 rings (SSSR count). The summed E-state index contributed by atoms with van der Waals surface area (Å²) in [5.41, 5.74) is 3.67. The zero-order valence-corrected chi connectivity index (χ0v) is 16.7. The number of hydrogen-bond donors (Lipinski definition) is 3. The molecule has 0 saturated carbocycles. The summed E-state index contributed by atoms with van der Waals surface area (Å²) >= 11 is 0. The molecule has 2 aromatic rings. The second kappa shape index (κ2) is 10.7. The molecule has 10 heteroatoms. The lowest BCUT2D eigenvalue weighted by atomic mass is 10.0. The van der Waals surface area contributed by atoms with E-state index in [1.54, 1.807) is 26.0 Å². The lowest BCUT2D eigenvalue weighted by molar-refractivity contribution is -0.131. The molecule has 2 aromatic carbocycles. The van der Waals surface area contributed by atoms with Gasteiger partial charge in [0, 0.05) is 0 Å². The summed E-state index contributed by atoms with van der Waals surface area (Å²) < 4.78 is 32.8. The Balaban J connectivity index is 1.94. The minimum atomic E-state index is -1.19. The number of nitrogens with one attached hydrogen (secondary N) is 3. The van der Waals surface area contributed by atoms with E-state index in [-0.39, 0.29) is 11.3 Å². The third-order valence-corrected chi connectivity index (χ3v) is 4.12. The van der Waals surface area contributed by atoms with Crippen LogP contribution in [0.1, 0.15) is 29.8 Å². The molecule has 0 radical (unpaired) electrons. The summed E-state index contributed by atoms with van der Waals surface area (Å²) in [5, 5.41) is 11.3. The number of hydrazine groups is 1. The number of rotatable bonds is 7. The maximum absolute atomic E-state index is 13.8. The van der Waals surface area contributed by atoms with Gasteiger partial charge < -0.3 is 10.1 Å². The number of para-hydroxylation sites is 1. The van der Waals surface area contributed by atoms with Crippen LogP contribution in [0.3, 0.4) is 0 Å². The Morgan fingerprint density at radius 3 is 2.29 bits per heavy atom. The molecule has 0 bridgehead atoms. The molecule has 0 aliphatic heterocycles.